The topological polar surface area (TPSA) is 84.9 Å². The van der Waals surface area contributed by atoms with Gasteiger partial charge in [0.1, 0.15) is 12.3 Å². The quantitative estimate of drug-likeness (QED) is 0.532. The number of hydrogen-bond donors (Lipinski definition) is 2. The predicted octanol–water partition coefficient (Wildman–Crippen LogP) is 3.77. The molecule has 0 heterocycles. The van der Waals surface area contributed by atoms with Crippen LogP contribution in [0.15, 0.2) is 60.8 Å². The van der Waals surface area contributed by atoms with Crippen molar-refractivity contribution in [2.24, 2.45) is 0 Å². The molecule has 0 aliphatic heterocycles. The van der Waals surface area contributed by atoms with E-state index in [1.807, 2.05) is 0 Å². The number of halogens is 1. The molecule has 2 aromatic carbocycles. The zero-order chi connectivity index (χ0) is 19.8. The average molecular weight is 388 g/mol. The maximum Gasteiger partial charge on any atom is 0.352 e. The van der Waals surface area contributed by atoms with Crippen molar-refractivity contribution in [2.75, 3.05) is 13.7 Å². The molecule has 140 valence electrons. The number of carboxylic acids is 1. The van der Waals surface area contributed by atoms with Gasteiger partial charge in [-0.15, -0.1) is 0 Å². The van der Waals surface area contributed by atoms with E-state index in [4.69, 9.17) is 21.1 Å². The molecule has 0 aliphatic rings. The third-order valence-electron chi connectivity index (χ3n) is 3.42. The lowest BCUT2D eigenvalue weighted by molar-refractivity contribution is -0.132. The number of carboxylic acid groups (broad SMARTS) is 1. The highest BCUT2D eigenvalue weighted by Gasteiger charge is 2.15. The van der Waals surface area contributed by atoms with Crippen molar-refractivity contribution in [3.8, 4) is 11.5 Å². The molecule has 0 spiro atoms. The van der Waals surface area contributed by atoms with E-state index in [0.29, 0.717) is 22.6 Å². The lowest BCUT2D eigenvalue weighted by atomic mass is 10.1. The molecule has 27 heavy (non-hydrogen) atoms. The van der Waals surface area contributed by atoms with E-state index in [1.54, 1.807) is 42.5 Å². The summed E-state index contributed by atoms with van der Waals surface area (Å²) in [5.74, 6) is -1.18. The summed E-state index contributed by atoms with van der Waals surface area (Å²) in [6.07, 6.45) is 2.85. The first-order valence-electron chi connectivity index (χ1n) is 7.89. The lowest BCUT2D eigenvalue weighted by Crippen LogP contribution is -2.27. The first-order chi connectivity index (χ1) is 13.0. The van der Waals surface area contributed by atoms with Crippen LogP contribution in [-0.4, -0.2) is 30.7 Å². The Morgan fingerprint density at radius 2 is 1.96 bits per heavy atom. The number of ether oxygens (including phenoxy) is 2. The van der Waals surface area contributed by atoms with Gasteiger partial charge in [0, 0.05) is 5.56 Å². The number of amides is 1. The molecule has 0 saturated heterocycles. The minimum absolute atomic E-state index is 0.235. The number of nitrogens with one attached hydrogen (secondary N) is 1. The van der Waals surface area contributed by atoms with Crippen LogP contribution in [0.2, 0.25) is 5.02 Å². The molecule has 0 saturated carbocycles. The van der Waals surface area contributed by atoms with Crippen molar-refractivity contribution in [2.45, 2.75) is 0 Å². The maximum atomic E-state index is 12.2. The predicted molar refractivity (Wildman–Crippen MR) is 103 cm³/mol. The highest BCUT2D eigenvalue weighted by Crippen LogP contribution is 2.37. The van der Waals surface area contributed by atoms with Crippen molar-refractivity contribution in [3.05, 3.63) is 77.0 Å². The number of aliphatic carboxylic acids is 1. The molecular weight excluding hydrogens is 370 g/mol. The number of methoxy groups -OCH3 is 1. The molecule has 0 aromatic heterocycles. The van der Waals surface area contributed by atoms with Gasteiger partial charge in [-0.3, -0.25) is 4.79 Å². The Kier molecular flexibility index (Phi) is 7.02. The van der Waals surface area contributed by atoms with Gasteiger partial charge in [-0.05, 0) is 35.9 Å². The largest absolute Gasteiger partial charge is 0.493 e. The zero-order valence-corrected chi connectivity index (χ0v) is 15.3. The fraction of sp³-hybridized carbons (Fsp3) is 0.100. The first kappa shape index (κ1) is 20.1. The van der Waals surface area contributed by atoms with E-state index < -0.39 is 11.9 Å². The van der Waals surface area contributed by atoms with E-state index in [9.17, 15) is 14.7 Å². The second-order valence-electron chi connectivity index (χ2n) is 5.32. The van der Waals surface area contributed by atoms with Crippen molar-refractivity contribution in [1.82, 2.24) is 5.32 Å². The number of benzene rings is 2. The highest BCUT2D eigenvalue weighted by molar-refractivity contribution is 6.32. The van der Waals surface area contributed by atoms with E-state index >= 15 is 0 Å². The van der Waals surface area contributed by atoms with Crippen molar-refractivity contribution < 1.29 is 24.2 Å². The van der Waals surface area contributed by atoms with Crippen molar-refractivity contribution in [1.29, 1.82) is 0 Å². The summed E-state index contributed by atoms with van der Waals surface area (Å²) in [6.45, 7) is 3.80. The van der Waals surface area contributed by atoms with Gasteiger partial charge in [0.25, 0.3) is 5.91 Å². The Labute approximate surface area is 161 Å². The summed E-state index contributed by atoms with van der Waals surface area (Å²) in [5, 5.41) is 12.0. The normalized spacial score (nSPS) is 10.8. The van der Waals surface area contributed by atoms with Gasteiger partial charge in [0.15, 0.2) is 11.5 Å². The summed E-state index contributed by atoms with van der Waals surface area (Å²) in [7, 11) is 1.44. The summed E-state index contributed by atoms with van der Waals surface area (Å²) in [5.41, 5.74) is 0.462. The Morgan fingerprint density at radius 3 is 2.56 bits per heavy atom. The van der Waals surface area contributed by atoms with Crippen LogP contribution in [-0.2, 0) is 4.79 Å². The Hall–Kier alpha value is -3.25. The Morgan fingerprint density at radius 1 is 1.26 bits per heavy atom. The molecule has 7 heteroatoms. The minimum atomic E-state index is -1.29. The molecule has 2 aromatic rings. The number of rotatable bonds is 8. The molecule has 0 fully saturated rings. The molecule has 2 rings (SSSR count). The molecular formula is C20H18ClNO5. The average Bonchev–Trinajstić information content (AvgIpc) is 2.66. The monoisotopic (exact) mass is 387 g/mol. The molecule has 0 radical (unpaired) electrons. The molecule has 1 amide bonds. The van der Waals surface area contributed by atoms with Gasteiger partial charge in [0.05, 0.1) is 12.1 Å². The molecule has 0 unspecified atom stereocenters. The second kappa shape index (κ2) is 9.45. The standard InChI is InChI=1S/C20H18ClNO5/c1-3-9-27-18-15(21)10-13(12-17(18)26-2)11-16(20(24)25)22-19(23)14-7-5-4-6-8-14/h3-8,10-12H,1,9H2,2H3,(H,22,23)(H,24,25). The fourth-order valence-electron chi connectivity index (χ4n) is 2.21. The van der Waals surface area contributed by atoms with Crippen LogP contribution in [0.5, 0.6) is 11.5 Å². The van der Waals surface area contributed by atoms with E-state index in [-0.39, 0.29) is 17.3 Å². The third-order valence-corrected chi connectivity index (χ3v) is 3.70. The molecule has 0 aliphatic carbocycles. The maximum absolute atomic E-state index is 12.2. The molecule has 0 bridgehead atoms. The van der Waals surface area contributed by atoms with Crippen molar-refractivity contribution >= 4 is 29.6 Å². The second-order valence-corrected chi connectivity index (χ2v) is 5.72. The van der Waals surface area contributed by atoms with Crippen LogP contribution in [0.3, 0.4) is 0 Å². The summed E-state index contributed by atoms with van der Waals surface area (Å²) in [6, 6.07) is 11.4. The van der Waals surface area contributed by atoms with Crippen LogP contribution in [0.25, 0.3) is 6.08 Å². The summed E-state index contributed by atoms with van der Waals surface area (Å²) in [4.78, 5) is 23.8. The first-order valence-corrected chi connectivity index (χ1v) is 8.26. The third kappa shape index (κ3) is 5.36. The van der Waals surface area contributed by atoms with Gasteiger partial charge < -0.3 is 19.9 Å². The van der Waals surface area contributed by atoms with Crippen LogP contribution in [0.1, 0.15) is 15.9 Å². The summed E-state index contributed by atoms with van der Waals surface area (Å²) >= 11 is 6.21. The Bertz CT molecular complexity index is 877. The Balaban J connectivity index is 2.34. The van der Waals surface area contributed by atoms with E-state index in [0.717, 1.165) is 0 Å². The number of carbonyl (C=O) groups is 2. The summed E-state index contributed by atoms with van der Waals surface area (Å²) < 4.78 is 10.7. The smallest absolute Gasteiger partial charge is 0.352 e. The van der Waals surface area contributed by atoms with Crippen LogP contribution < -0.4 is 14.8 Å². The van der Waals surface area contributed by atoms with Gasteiger partial charge in [-0.2, -0.15) is 0 Å². The lowest BCUT2D eigenvalue weighted by Gasteiger charge is -2.12. The van der Waals surface area contributed by atoms with Gasteiger partial charge in [-0.25, -0.2) is 4.79 Å². The van der Waals surface area contributed by atoms with Crippen LogP contribution in [0.4, 0.5) is 0 Å². The van der Waals surface area contributed by atoms with Crippen LogP contribution >= 0.6 is 11.6 Å². The van der Waals surface area contributed by atoms with Gasteiger partial charge in [0.2, 0.25) is 0 Å². The molecule has 0 atom stereocenters. The zero-order valence-electron chi connectivity index (χ0n) is 14.6. The number of carbonyl (C=O) groups excluding carboxylic acids is 1. The van der Waals surface area contributed by atoms with Gasteiger partial charge in [-0.1, -0.05) is 42.5 Å². The van der Waals surface area contributed by atoms with Crippen LogP contribution in [0, 0.1) is 0 Å². The highest BCUT2D eigenvalue weighted by atomic mass is 35.5. The van der Waals surface area contributed by atoms with E-state index in [1.165, 1.54) is 19.3 Å². The van der Waals surface area contributed by atoms with E-state index in [2.05, 4.69) is 11.9 Å². The SMILES string of the molecule is C=CCOc1c(Cl)cc(C=C(NC(=O)c2ccccc2)C(=O)O)cc1OC. The molecule has 2 N–H and O–H groups in total. The number of hydrogen-bond acceptors (Lipinski definition) is 4. The van der Waals surface area contributed by atoms with Crippen molar-refractivity contribution in [3.63, 3.8) is 0 Å². The molecule has 6 nitrogen and oxygen atoms in total. The fourth-order valence-corrected chi connectivity index (χ4v) is 2.48. The minimum Gasteiger partial charge on any atom is -0.493 e. The van der Waals surface area contributed by atoms with Gasteiger partial charge >= 0.3 is 5.97 Å².